The molecule has 1 aliphatic heterocycles. The first-order valence-corrected chi connectivity index (χ1v) is 6.95. The molecule has 7 nitrogen and oxygen atoms in total. The fraction of sp³-hybridized carbons (Fsp3) is 0.312. The molecule has 0 aliphatic carbocycles. The molecule has 0 atom stereocenters. The number of rotatable bonds is 1. The van der Waals surface area contributed by atoms with Crippen LogP contribution in [0.15, 0.2) is 16.9 Å². The number of benzene rings is 1. The number of hydrogen-bond donors (Lipinski definition) is 1. The minimum atomic E-state index is -0.844. The third-order valence-electron chi connectivity index (χ3n) is 4.12. The van der Waals surface area contributed by atoms with E-state index in [1.165, 1.54) is 0 Å². The second-order valence-electron chi connectivity index (χ2n) is 5.78. The highest BCUT2D eigenvalue weighted by Gasteiger charge is 2.36. The van der Waals surface area contributed by atoms with Gasteiger partial charge in [0.25, 0.3) is 5.56 Å². The number of anilines is 1. The third-order valence-corrected chi connectivity index (χ3v) is 4.12. The zero-order chi connectivity index (χ0) is 16.9. The van der Waals surface area contributed by atoms with Gasteiger partial charge >= 0.3 is 5.97 Å². The lowest BCUT2D eigenvalue weighted by molar-refractivity contribution is 0.0598. The Hall–Kier alpha value is -3.01. The highest BCUT2D eigenvalue weighted by Crippen LogP contribution is 2.43. The Bertz CT molecular complexity index is 937. The van der Waals surface area contributed by atoms with Crippen LogP contribution in [0.25, 0.3) is 10.9 Å². The van der Waals surface area contributed by atoms with Crippen molar-refractivity contribution in [2.75, 3.05) is 19.1 Å². The van der Waals surface area contributed by atoms with Gasteiger partial charge in [-0.15, -0.1) is 0 Å². The smallest absolute Gasteiger partial charge is 0.344 e. The number of esters is 1. The van der Waals surface area contributed by atoms with Gasteiger partial charge in [-0.1, -0.05) is 0 Å². The minimum Gasteiger partial charge on any atom is -0.466 e. The summed E-state index contributed by atoms with van der Waals surface area (Å²) in [6.07, 6.45) is 0. The van der Waals surface area contributed by atoms with Crippen molar-refractivity contribution < 1.29 is 14.3 Å². The average molecular weight is 313 g/mol. The van der Waals surface area contributed by atoms with Gasteiger partial charge in [-0.25, -0.2) is 4.79 Å². The van der Waals surface area contributed by atoms with Gasteiger partial charge in [-0.2, -0.15) is 5.26 Å². The topological polar surface area (TPSA) is 95.4 Å². The summed E-state index contributed by atoms with van der Waals surface area (Å²) in [6.45, 7) is 3.82. The lowest BCUT2D eigenvalue weighted by Gasteiger charge is -2.27. The maximum atomic E-state index is 12.2. The first kappa shape index (κ1) is 14.9. The number of aromatic amines is 1. The van der Waals surface area contributed by atoms with Crippen molar-refractivity contribution >= 4 is 22.6 Å². The van der Waals surface area contributed by atoms with Gasteiger partial charge < -0.3 is 19.4 Å². The van der Waals surface area contributed by atoms with Crippen LogP contribution in [0.5, 0.6) is 5.75 Å². The quantitative estimate of drug-likeness (QED) is 0.806. The number of fused-ring (bicyclic) bond motifs is 2. The molecular formula is C16H15N3O4. The first-order valence-electron chi connectivity index (χ1n) is 6.95. The number of nitrogens with one attached hydrogen (secondary N) is 1. The molecule has 7 heteroatoms. The molecule has 3 rings (SSSR count). The van der Waals surface area contributed by atoms with Crippen molar-refractivity contribution in [3.63, 3.8) is 0 Å². The molecule has 2 heterocycles. The van der Waals surface area contributed by atoms with Crippen molar-refractivity contribution in [3.8, 4) is 11.8 Å². The number of H-pyrrole nitrogens is 1. The van der Waals surface area contributed by atoms with Crippen LogP contribution in [0.2, 0.25) is 0 Å². The fourth-order valence-corrected chi connectivity index (χ4v) is 2.70. The summed E-state index contributed by atoms with van der Waals surface area (Å²) in [5.41, 5.74) is -0.249. The summed E-state index contributed by atoms with van der Waals surface area (Å²) in [6, 6.07) is 5.33. The van der Waals surface area contributed by atoms with Crippen LogP contribution >= 0.6 is 0 Å². The number of nitriles is 1. The fourth-order valence-electron chi connectivity index (χ4n) is 2.70. The van der Waals surface area contributed by atoms with Gasteiger partial charge in [0.05, 0.1) is 23.9 Å². The van der Waals surface area contributed by atoms with E-state index in [1.54, 1.807) is 12.1 Å². The Morgan fingerprint density at radius 3 is 2.74 bits per heavy atom. The first-order chi connectivity index (χ1) is 10.8. The standard InChI is InChI=1S/C16H15N3O4/c1-16(2)19(3)11-6-10-8(5-12(11)23-16)9(7-17)13(14(20)18-10)15(21)22-4/h5-6H,1-4H3,(H,18,20). The SMILES string of the molecule is COC(=O)c1c(C#N)c2cc3c(cc2[nH]c1=O)N(C)C(C)(C)O3. The second kappa shape index (κ2) is 4.74. The molecule has 0 unspecified atom stereocenters. The molecule has 0 bridgehead atoms. The molecule has 1 aliphatic rings. The Morgan fingerprint density at radius 2 is 2.13 bits per heavy atom. The van der Waals surface area contributed by atoms with Gasteiger partial charge in [0, 0.05) is 12.4 Å². The van der Waals surface area contributed by atoms with E-state index in [4.69, 9.17) is 4.74 Å². The summed E-state index contributed by atoms with van der Waals surface area (Å²) in [7, 11) is 3.04. The monoisotopic (exact) mass is 313 g/mol. The highest BCUT2D eigenvalue weighted by molar-refractivity contribution is 6.00. The Kier molecular flexibility index (Phi) is 3.08. The molecule has 23 heavy (non-hydrogen) atoms. The lowest BCUT2D eigenvalue weighted by atomic mass is 10.0. The predicted molar refractivity (Wildman–Crippen MR) is 83.7 cm³/mol. The summed E-state index contributed by atoms with van der Waals surface area (Å²) in [5, 5.41) is 9.87. The molecule has 0 spiro atoms. The number of carbonyl (C=O) groups excluding carboxylic acids is 1. The van der Waals surface area contributed by atoms with Crippen LogP contribution in [0, 0.1) is 11.3 Å². The van der Waals surface area contributed by atoms with Gasteiger partial charge in [0.15, 0.2) is 5.72 Å². The predicted octanol–water partition coefficient (Wildman–Crippen LogP) is 1.75. The number of methoxy groups -OCH3 is 1. The summed E-state index contributed by atoms with van der Waals surface area (Å²) < 4.78 is 10.5. The minimum absolute atomic E-state index is 0.0191. The summed E-state index contributed by atoms with van der Waals surface area (Å²) in [4.78, 5) is 28.6. The largest absolute Gasteiger partial charge is 0.466 e. The van der Waals surface area contributed by atoms with Crippen LogP contribution in [-0.2, 0) is 4.74 Å². The van der Waals surface area contributed by atoms with Crippen molar-refractivity contribution in [3.05, 3.63) is 33.6 Å². The maximum Gasteiger partial charge on any atom is 0.344 e. The molecule has 1 N–H and O–H groups in total. The summed E-state index contributed by atoms with van der Waals surface area (Å²) in [5.74, 6) is -0.257. The van der Waals surface area contributed by atoms with Crippen molar-refractivity contribution in [2.24, 2.45) is 0 Å². The van der Waals surface area contributed by atoms with Crippen LogP contribution in [-0.4, -0.2) is 30.8 Å². The molecule has 118 valence electrons. The molecule has 0 fully saturated rings. The van der Waals surface area contributed by atoms with E-state index in [0.29, 0.717) is 16.7 Å². The third kappa shape index (κ3) is 2.03. The van der Waals surface area contributed by atoms with Crippen LogP contribution in [0.4, 0.5) is 5.69 Å². The van der Waals surface area contributed by atoms with E-state index >= 15 is 0 Å². The van der Waals surface area contributed by atoms with Crippen LogP contribution < -0.4 is 15.2 Å². The van der Waals surface area contributed by atoms with E-state index in [1.807, 2.05) is 31.9 Å². The normalized spacial score (nSPS) is 15.0. The van der Waals surface area contributed by atoms with E-state index in [9.17, 15) is 14.9 Å². The molecule has 2 aromatic rings. The van der Waals surface area contributed by atoms with Crippen molar-refractivity contribution in [2.45, 2.75) is 19.6 Å². The van der Waals surface area contributed by atoms with Crippen molar-refractivity contribution in [1.29, 1.82) is 5.26 Å². The second-order valence-corrected chi connectivity index (χ2v) is 5.78. The van der Waals surface area contributed by atoms with Crippen molar-refractivity contribution in [1.82, 2.24) is 4.98 Å². The highest BCUT2D eigenvalue weighted by atomic mass is 16.5. The number of hydrogen-bond acceptors (Lipinski definition) is 6. The molecular weight excluding hydrogens is 298 g/mol. The van der Waals surface area contributed by atoms with E-state index in [2.05, 4.69) is 9.72 Å². The average Bonchev–Trinajstić information content (AvgIpc) is 2.73. The number of aromatic nitrogens is 1. The number of carbonyl (C=O) groups is 1. The van der Waals surface area contributed by atoms with E-state index < -0.39 is 17.3 Å². The molecule has 1 aromatic carbocycles. The number of ether oxygens (including phenoxy) is 2. The Balaban J connectivity index is 2.37. The van der Waals surface area contributed by atoms with Crippen LogP contribution in [0.1, 0.15) is 29.8 Å². The number of nitrogens with zero attached hydrogens (tertiary/aromatic N) is 2. The lowest BCUT2D eigenvalue weighted by Crippen LogP contribution is -2.41. The molecule has 0 radical (unpaired) electrons. The number of pyridine rings is 1. The Labute approximate surface area is 132 Å². The zero-order valence-corrected chi connectivity index (χ0v) is 13.2. The molecule has 0 saturated carbocycles. The van der Waals surface area contributed by atoms with E-state index in [0.717, 1.165) is 12.8 Å². The molecule has 0 amide bonds. The summed E-state index contributed by atoms with van der Waals surface area (Å²) >= 11 is 0. The van der Waals surface area contributed by atoms with E-state index in [-0.39, 0.29) is 11.1 Å². The maximum absolute atomic E-state index is 12.2. The van der Waals surface area contributed by atoms with Gasteiger partial charge in [-0.05, 0) is 26.0 Å². The van der Waals surface area contributed by atoms with Gasteiger partial charge in [0.2, 0.25) is 0 Å². The van der Waals surface area contributed by atoms with Crippen LogP contribution in [0.3, 0.4) is 0 Å². The van der Waals surface area contributed by atoms with Gasteiger partial charge in [-0.3, -0.25) is 4.79 Å². The molecule has 1 aromatic heterocycles. The zero-order valence-electron chi connectivity index (χ0n) is 13.2. The van der Waals surface area contributed by atoms with Gasteiger partial charge in [0.1, 0.15) is 17.4 Å². The molecule has 0 saturated heterocycles. The Morgan fingerprint density at radius 1 is 1.43 bits per heavy atom.